The Labute approximate surface area is 179 Å². The van der Waals surface area contributed by atoms with Crippen molar-refractivity contribution >= 4 is 11.6 Å². The molecule has 0 saturated carbocycles. The first-order chi connectivity index (χ1) is 14.8. The molecule has 10 heteroatoms. The maximum Gasteiger partial charge on any atom is 0.330 e. The van der Waals surface area contributed by atoms with Crippen molar-refractivity contribution in [3.8, 4) is 17.2 Å². The Morgan fingerprint density at radius 1 is 1.00 bits per heavy atom. The molecule has 2 aromatic rings. The smallest absolute Gasteiger partial charge is 0.330 e. The van der Waals surface area contributed by atoms with E-state index in [0.29, 0.717) is 54.4 Å². The summed E-state index contributed by atoms with van der Waals surface area (Å²) < 4.78 is 18.4. The van der Waals surface area contributed by atoms with Gasteiger partial charge in [-0.05, 0) is 25.0 Å². The molecule has 0 unspecified atom stereocenters. The van der Waals surface area contributed by atoms with Crippen LogP contribution >= 0.6 is 0 Å². The number of carbonyl (C=O) groups excluding carboxylic acids is 1. The normalized spacial score (nSPS) is 14.3. The van der Waals surface area contributed by atoms with Gasteiger partial charge in [0.25, 0.3) is 11.5 Å². The summed E-state index contributed by atoms with van der Waals surface area (Å²) in [6.07, 6.45) is 2.91. The number of nitrogens with one attached hydrogen (secondary N) is 1. The van der Waals surface area contributed by atoms with Gasteiger partial charge in [-0.25, -0.2) is 4.79 Å². The molecule has 3 rings (SSSR count). The molecule has 0 aliphatic carbocycles. The molecule has 168 valence electrons. The van der Waals surface area contributed by atoms with Crippen LogP contribution in [0.1, 0.15) is 23.2 Å². The van der Waals surface area contributed by atoms with Crippen molar-refractivity contribution in [1.29, 1.82) is 0 Å². The number of rotatable bonds is 6. The fraction of sp³-hybridized carbons (Fsp3) is 0.476. The fourth-order valence-corrected chi connectivity index (χ4v) is 3.75. The van der Waals surface area contributed by atoms with Crippen LogP contribution in [0.3, 0.4) is 0 Å². The molecule has 31 heavy (non-hydrogen) atoms. The summed E-state index contributed by atoms with van der Waals surface area (Å²) in [4.78, 5) is 39.1. The van der Waals surface area contributed by atoms with Gasteiger partial charge in [0, 0.05) is 45.0 Å². The molecular weight excluding hydrogens is 404 g/mol. The highest BCUT2D eigenvalue weighted by Gasteiger charge is 2.25. The summed E-state index contributed by atoms with van der Waals surface area (Å²) in [5, 5.41) is 3.04. The number of piperidine rings is 1. The molecule has 1 amide bonds. The summed E-state index contributed by atoms with van der Waals surface area (Å²) in [5.41, 5.74) is 0.215. The summed E-state index contributed by atoms with van der Waals surface area (Å²) in [6, 6.07) is 3.18. The number of benzene rings is 1. The third kappa shape index (κ3) is 4.37. The highest BCUT2D eigenvalue weighted by molar-refractivity contribution is 5.95. The van der Waals surface area contributed by atoms with E-state index in [-0.39, 0.29) is 23.2 Å². The van der Waals surface area contributed by atoms with Crippen molar-refractivity contribution in [2.24, 2.45) is 14.1 Å². The SMILES string of the molecule is COc1cc(C(=O)NC2CCN(c3cn(C)c(=O)n(C)c3=O)CC2)cc(OC)c1OC. The average Bonchev–Trinajstić information content (AvgIpc) is 2.79. The lowest BCUT2D eigenvalue weighted by Crippen LogP contribution is -2.47. The van der Waals surface area contributed by atoms with E-state index in [1.54, 1.807) is 25.4 Å². The first-order valence-corrected chi connectivity index (χ1v) is 9.93. The first-order valence-electron chi connectivity index (χ1n) is 9.93. The zero-order chi connectivity index (χ0) is 22.7. The quantitative estimate of drug-likeness (QED) is 0.709. The maximum atomic E-state index is 12.8. The van der Waals surface area contributed by atoms with Gasteiger partial charge in [-0.3, -0.25) is 14.2 Å². The van der Waals surface area contributed by atoms with Crippen LogP contribution in [-0.2, 0) is 14.1 Å². The standard InChI is InChI=1S/C21H28N4O6/c1-23-12-15(20(27)24(2)21(23)28)25-8-6-14(7-9-25)22-19(26)13-10-16(29-3)18(31-5)17(11-13)30-4/h10-12,14H,6-9H2,1-5H3,(H,22,26). The second-order valence-corrected chi connectivity index (χ2v) is 7.42. The van der Waals surface area contributed by atoms with Crippen molar-refractivity contribution in [3.05, 3.63) is 44.7 Å². The second-order valence-electron chi connectivity index (χ2n) is 7.42. The Kier molecular flexibility index (Phi) is 6.57. The van der Waals surface area contributed by atoms with Gasteiger partial charge in [0.1, 0.15) is 5.69 Å². The molecule has 1 aliphatic rings. The van der Waals surface area contributed by atoms with E-state index in [1.165, 1.54) is 32.9 Å². The van der Waals surface area contributed by atoms with E-state index in [4.69, 9.17) is 14.2 Å². The van der Waals surface area contributed by atoms with Gasteiger partial charge in [-0.1, -0.05) is 0 Å². The monoisotopic (exact) mass is 432 g/mol. The zero-order valence-electron chi connectivity index (χ0n) is 18.4. The van der Waals surface area contributed by atoms with Gasteiger partial charge in [-0.15, -0.1) is 0 Å². The van der Waals surface area contributed by atoms with Crippen LogP contribution in [0.25, 0.3) is 0 Å². The minimum atomic E-state index is -0.360. The van der Waals surface area contributed by atoms with Gasteiger partial charge in [0.2, 0.25) is 5.75 Å². The van der Waals surface area contributed by atoms with Gasteiger partial charge in [0.05, 0.1) is 21.3 Å². The van der Waals surface area contributed by atoms with E-state index in [0.717, 1.165) is 4.57 Å². The van der Waals surface area contributed by atoms with Crippen LogP contribution in [-0.4, -0.2) is 55.5 Å². The number of carbonyl (C=O) groups is 1. The van der Waals surface area contributed by atoms with Crippen LogP contribution in [0.5, 0.6) is 17.2 Å². The van der Waals surface area contributed by atoms with Crippen LogP contribution < -0.4 is 35.7 Å². The van der Waals surface area contributed by atoms with E-state index >= 15 is 0 Å². The second kappa shape index (κ2) is 9.15. The predicted octanol–water partition coefficient (Wildman–Crippen LogP) is 0.509. The van der Waals surface area contributed by atoms with Gasteiger partial charge in [-0.2, -0.15) is 0 Å². The molecule has 2 heterocycles. The summed E-state index contributed by atoms with van der Waals surface area (Å²) in [6.45, 7) is 1.18. The van der Waals surface area contributed by atoms with Crippen LogP contribution in [0.2, 0.25) is 0 Å². The molecule has 1 aromatic carbocycles. The molecule has 0 bridgehead atoms. The van der Waals surface area contributed by atoms with Crippen molar-refractivity contribution in [3.63, 3.8) is 0 Å². The number of anilines is 1. The van der Waals surface area contributed by atoms with Crippen molar-refractivity contribution in [1.82, 2.24) is 14.5 Å². The zero-order valence-corrected chi connectivity index (χ0v) is 18.4. The lowest BCUT2D eigenvalue weighted by atomic mass is 10.0. The number of ether oxygens (including phenoxy) is 3. The summed E-state index contributed by atoms with van der Waals surface area (Å²) in [7, 11) is 7.59. The number of amides is 1. The molecule has 1 aliphatic heterocycles. The molecule has 1 fully saturated rings. The van der Waals surface area contributed by atoms with E-state index < -0.39 is 0 Å². The fourth-order valence-electron chi connectivity index (χ4n) is 3.75. The number of aryl methyl sites for hydroxylation is 1. The molecule has 1 N–H and O–H groups in total. The highest BCUT2D eigenvalue weighted by Crippen LogP contribution is 2.38. The molecule has 0 atom stereocenters. The highest BCUT2D eigenvalue weighted by atomic mass is 16.5. The predicted molar refractivity (Wildman–Crippen MR) is 116 cm³/mol. The van der Waals surface area contributed by atoms with E-state index in [2.05, 4.69) is 5.32 Å². The minimum Gasteiger partial charge on any atom is -0.493 e. The Morgan fingerprint density at radius 3 is 2.10 bits per heavy atom. The van der Waals surface area contributed by atoms with E-state index in [1.807, 2.05) is 4.90 Å². The van der Waals surface area contributed by atoms with Crippen LogP contribution in [0, 0.1) is 0 Å². The lowest BCUT2D eigenvalue weighted by Gasteiger charge is -2.33. The molecule has 10 nitrogen and oxygen atoms in total. The molecule has 1 saturated heterocycles. The van der Waals surface area contributed by atoms with E-state index in [9.17, 15) is 14.4 Å². The van der Waals surface area contributed by atoms with Crippen LogP contribution in [0.15, 0.2) is 27.9 Å². The third-order valence-corrected chi connectivity index (χ3v) is 5.53. The first kappa shape index (κ1) is 22.3. The molecule has 1 aromatic heterocycles. The third-order valence-electron chi connectivity index (χ3n) is 5.53. The Morgan fingerprint density at radius 2 is 1.58 bits per heavy atom. The van der Waals surface area contributed by atoms with Gasteiger partial charge in [0.15, 0.2) is 11.5 Å². The molecule has 0 radical (unpaired) electrons. The van der Waals surface area contributed by atoms with Gasteiger partial charge >= 0.3 is 5.69 Å². The number of methoxy groups -OCH3 is 3. The maximum absolute atomic E-state index is 12.8. The van der Waals surface area contributed by atoms with Crippen LogP contribution in [0.4, 0.5) is 5.69 Å². The Balaban J connectivity index is 1.70. The largest absolute Gasteiger partial charge is 0.493 e. The van der Waals surface area contributed by atoms with Crippen molar-refractivity contribution in [2.45, 2.75) is 18.9 Å². The number of hydrogen-bond donors (Lipinski definition) is 1. The topological polar surface area (TPSA) is 104 Å². The van der Waals surface area contributed by atoms with Crippen molar-refractivity contribution < 1.29 is 19.0 Å². The van der Waals surface area contributed by atoms with Gasteiger partial charge < -0.3 is 29.0 Å². The molecular formula is C21H28N4O6. The minimum absolute atomic E-state index is 0.0424. The van der Waals surface area contributed by atoms with Crippen molar-refractivity contribution in [2.75, 3.05) is 39.3 Å². The Bertz CT molecular complexity index is 1060. The summed E-state index contributed by atoms with van der Waals surface area (Å²) in [5.74, 6) is 1.00. The molecule has 0 spiro atoms. The Hall–Kier alpha value is -3.43. The average molecular weight is 432 g/mol. The number of nitrogens with zero attached hydrogens (tertiary/aromatic N) is 3. The number of hydrogen-bond acceptors (Lipinski definition) is 7. The summed E-state index contributed by atoms with van der Waals surface area (Å²) >= 11 is 0. The number of aromatic nitrogens is 2. The lowest BCUT2D eigenvalue weighted by molar-refractivity contribution is 0.0930.